The maximum atomic E-state index is 14.7. The van der Waals surface area contributed by atoms with Gasteiger partial charge in [-0.15, -0.1) is 0 Å². The average Bonchev–Trinajstić information content (AvgIpc) is 2.82. The molecule has 0 saturated heterocycles. The average molecular weight is 494 g/mol. The predicted molar refractivity (Wildman–Crippen MR) is 131 cm³/mol. The van der Waals surface area contributed by atoms with Crippen molar-refractivity contribution in [1.82, 2.24) is 15.6 Å². The van der Waals surface area contributed by atoms with E-state index in [2.05, 4.69) is 32.8 Å². The van der Waals surface area contributed by atoms with Gasteiger partial charge in [-0.25, -0.2) is 13.6 Å². The number of benzene rings is 2. The van der Waals surface area contributed by atoms with Gasteiger partial charge in [-0.05, 0) is 36.8 Å². The van der Waals surface area contributed by atoms with E-state index in [0.717, 1.165) is 6.07 Å². The Balaban J connectivity index is 1.57. The highest BCUT2D eigenvalue weighted by atomic mass is 19.1. The minimum atomic E-state index is -0.834. The van der Waals surface area contributed by atoms with Crippen LogP contribution in [0.25, 0.3) is 0 Å². The number of nitrogens with one attached hydrogen (secondary N) is 3. The van der Waals surface area contributed by atoms with Gasteiger partial charge in [-0.1, -0.05) is 24.0 Å². The van der Waals surface area contributed by atoms with E-state index in [9.17, 15) is 18.4 Å². The third kappa shape index (κ3) is 8.47. The van der Waals surface area contributed by atoms with E-state index in [1.807, 2.05) is 6.92 Å². The first-order valence-corrected chi connectivity index (χ1v) is 11.0. The number of anilines is 1. The van der Waals surface area contributed by atoms with Crippen LogP contribution in [0.1, 0.15) is 18.1 Å². The van der Waals surface area contributed by atoms with Gasteiger partial charge in [-0.2, -0.15) is 0 Å². The number of nitrogens with two attached hydrogens (primary N) is 1. The molecule has 0 fully saturated rings. The van der Waals surface area contributed by atoms with Gasteiger partial charge in [0.1, 0.15) is 11.6 Å². The van der Waals surface area contributed by atoms with E-state index in [4.69, 9.17) is 10.5 Å². The Morgan fingerprint density at radius 3 is 2.61 bits per heavy atom. The molecule has 0 aliphatic heterocycles. The fourth-order valence-corrected chi connectivity index (χ4v) is 2.97. The molecule has 0 aliphatic carbocycles. The molecule has 10 heteroatoms. The third-order valence-electron chi connectivity index (χ3n) is 4.62. The van der Waals surface area contributed by atoms with Gasteiger partial charge < -0.3 is 21.1 Å². The van der Waals surface area contributed by atoms with Crippen molar-refractivity contribution in [3.8, 4) is 23.3 Å². The molecule has 0 aliphatic rings. The highest BCUT2D eigenvalue weighted by Gasteiger charge is 2.12. The SMILES string of the molecule is CC(N)CNCC#Cc1cnccc1Oc1ccc(NC(=O)NC(=O)Cc2ccc(F)cc2)cc1F. The van der Waals surface area contributed by atoms with Gasteiger partial charge in [0.15, 0.2) is 11.6 Å². The van der Waals surface area contributed by atoms with Gasteiger partial charge in [0.2, 0.25) is 5.91 Å². The zero-order chi connectivity index (χ0) is 25.9. The minimum Gasteiger partial charge on any atom is -0.453 e. The summed E-state index contributed by atoms with van der Waals surface area (Å²) in [6.07, 6.45) is 2.89. The molecule has 3 rings (SSSR count). The number of aromatic nitrogens is 1. The summed E-state index contributed by atoms with van der Waals surface area (Å²) >= 11 is 0. The van der Waals surface area contributed by atoms with Crippen LogP contribution in [0.4, 0.5) is 19.3 Å². The minimum absolute atomic E-state index is 0.0116. The first kappa shape index (κ1) is 26.3. The summed E-state index contributed by atoms with van der Waals surface area (Å²) in [5.41, 5.74) is 6.80. The molecular weight excluding hydrogens is 468 g/mol. The molecule has 186 valence electrons. The van der Waals surface area contributed by atoms with Crippen molar-refractivity contribution in [2.45, 2.75) is 19.4 Å². The van der Waals surface area contributed by atoms with Crippen molar-refractivity contribution in [3.63, 3.8) is 0 Å². The van der Waals surface area contributed by atoms with E-state index in [1.165, 1.54) is 48.8 Å². The van der Waals surface area contributed by atoms with Gasteiger partial charge in [-0.3, -0.25) is 15.1 Å². The first-order chi connectivity index (χ1) is 17.3. The molecular formula is C26H25F2N5O3. The second-order valence-corrected chi connectivity index (χ2v) is 7.83. The number of amides is 3. The lowest BCUT2D eigenvalue weighted by Crippen LogP contribution is -2.35. The van der Waals surface area contributed by atoms with Crippen molar-refractivity contribution < 1.29 is 23.1 Å². The van der Waals surface area contributed by atoms with Crippen molar-refractivity contribution in [2.24, 2.45) is 5.73 Å². The molecule has 1 atom stereocenters. The van der Waals surface area contributed by atoms with Gasteiger partial charge in [0, 0.05) is 42.8 Å². The largest absolute Gasteiger partial charge is 0.453 e. The molecule has 3 aromatic rings. The van der Waals surface area contributed by atoms with Crippen molar-refractivity contribution in [1.29, 1.82) is 0 Å². The number of ether oxygens (including phenoxy) is 1. The summed E-state index contributed by atoms with van der Waals surface area (Å²) < 4.78 is 33.3. The van der Waals surface area contributed by atoms with Gasteiger partial charge >= 0.3 is 6.03 Å². The monoisotopic (exact) mass is 493 g/mol. The fraction of sp³-hybridized carbons (Fsp3) is 0.192. The van der Waals surface area contributed by atoms with Crippen LogP contribution in [0.3, 0.4) is 0 Å². The summed E-state index contributed by atoms with van der Waals surface area (Å²) in [7, 11) is 0. The van der Waals surface area contributed by atoms with E-state index >= 15 is 0 Å². The van der Waals surface area contributed by atoms with Crippen LogP contribution in [0, 0.1) is 23.5 Å². The number of rotatable bonds is 8. The zero-order valence-electron chi connectivity index (χ0n) is 19.5. The quantitative estimate of drug-likeness (QED) is 0.282. The molecule has 0 saturated carbocycles. The third-order valence-corrected chi connectivity index (χ3v) is 4.62. The van der Waals surface area contributed by atoms with E-state index in [1.54, 1.807) is 6.07 Å². The number of carbonyl (C=O) groups is 2. The molecule has 3 amide bonds. The number of carbonyl (C=O) groups excluding carboxylic acids is 2. The van der Waals surface area contributed by atoms with E-state index < -0.39 is 23.6 Å². The number of imide groups is 1. The second-order valence-electron chi connectivity index (χ2n) is 7.83. The molecule has 0 spiro atoms. The lowest BCUT2D eigenvalue weighted by atomic mass is 10.1. The molecule has 1 unspecified atom stereocenters. The van der Waals surface area contributed by atoms with Crippen LogP contribution in [-0.2, 0) is 11.2 Å². The molecule has 36 heavy (non-hydrogen) atoms. The topological polar surface area (TPSA) is 118 Å². The van der Waals surface area contributed by atoms with Crippen molar-refractivity contribution in [3.05, 3.63) is 83.7 Å². The Hall–Kier alpha value is -4.33. The molecule has 0 radical (unpaired) electrons. The lowest BCUT2D eigenvalue weighted by Gasteiger charge is -2.11. The highest BCUT2D eigenvalue weighted by Crippen LogP contribution is 2.28. The summed E-state index contributed by atoms with van der Waals surface area (Å²) in [5.74, 6) is 4.32. The number of hydrogen-bond donors (Lipinski definition) is 4. The van der Waals surface area contributed by atoms with Crippen LogP contribution in [-0.4, -0.2) is 36.1 Å². The number of hydrogen-bond acceptors (Lipinski definition) is 6. The van der Waals surface area contributed by atoms with Crippen LogP contribution in [0.15, 0.2) is 60.9 Å². The fourth-order valence-electron chi connectivity index (χ4n) is 2.97. The molecule has 8 nitrogen and oxygen atoms in total. The Morgan fingerprint density at radius 2 is 1.89 bits per heavy atom. The van der Waals surface area contributed by atoms with Gasteiger partial charge in [0.25, 0.3) is 0 Å². The van der Waals surface area contributed by atoms with Crippen LogP contribution in [0.5, 0.6) is 11.5 Å². The predicted octanol–water partition coefficient (Wildman–Crippen LogP) is 3.33. The van der Waals surface area contributed by atoms with Gasteiger partial charge in [0.05, 0.1) is 18.5 Å². The number of nitrogens with zero attached hydrogens (tertiary/aromatic N) is 1. The van der Waals surface area contributed by atoms with Crippen molar-refractivity contribution in [2.75, 3.05) is 18.4 Å². The molecule has 0 bridgehead atoms. The molecule has 1 heterocycles. The molecule has 5 N–H and O–H groups in total. The van der Waals surface area contributed by atoms with Crippen LogP contribution < -0.4 is 26.4 Å². The summed E-state index contributed by atoms with van der Waals surface area (Å²) in [6.45, 7) is 2.92. The van der Waals surface area contributed by atoms with Crippen molar-refractivity contribution >= 4 is 17.6 Å². The zero-order valence-corrected chi connectivity index (χ0v) is 19.5. The lowest BCUT2D eigenvalue weighted by molar-refractivity contribution is -0.119. The van der Waals surface area contributed by atoms with Crippen LogP contribution in [0.2, 0.25) is 0 Å². The molecule has 2 aromatic carbocycles. The highest BCUT2D eigenvalue weighted by molar-refractivity contribution is 6.01. The normalized spacial score (nSPS) is 11.1. The molecule has 1 aromatic heterocycles. The summed E-state index contributed by atoms with van der Waals surface area (Å²) in [4.78, 5) is 28.1. The number of pyridine rings is 1. The second kappa shape index (κ2) is 12.9. The Bertz CT molecular complexity index is 1270. The standard InChI is InChI=1S/C26H25F2N5O3/c1-17(29)15-30-11-2-3-19-16-31-12-10-23(19)36-24-9-8-21(14-22(24)28)32-26(35)33-25(34)13-18-4-6-20(27)7-5-18/h4-10,12,14,16-17,30H,11,13,15,29H2,1H3,(H2,32,33,34,35). The van der Waals surface area contributed by atoms with E-state index in [0.29, 0.717) is 30.0 Å². The maximum absolute atomic E-state index is 14.7. The maximum Gasteiger partial charge on any atom is 0.325 e. The number of urea groups is 1. The Labute approximate surface area is 207 Å². The Kier molecular flexibility index (Phi) is 9.45. The number of halogens is 2. The summed E-state index contributed by atoms with van der Waals surface area (Å²) in [6, 6.07) is 9.89. The van der Waals surface area contributed by atoms with Crippen LogP contribution >= 0.6 is 0 Å². The summed E-state index contributed by atoms with van der Waals surface area (Å²) in [5, 5.41) is 7.61. The van der Waals surface area contributed by atoms with E-state index in [-0.39, 0.29) is 23.9 Å². The Morgan fingerprint density at radius 1 is 1.11 bits per heavy atom. The first-order valence-electron chi connectivity index (χ1n) is 11.0. The smallest absolute Gasteiger partial charge is 0.325 e.